The number of carbonyl (C=O) groups excluding carboxylic acids is 1. The van der Waals surface area contributed by atoms with E-state index in [-0.39, 0.29) is 12.6 Å². The van der Waals surface area contributed by atoms with Crippen molar-refractivity contribution in [3.8, 4) is 5.75 Å². The van der Waals surface area contributed by atoms with E-state index < -0.39 is 31.7 Å². The van der Waals surface area contributed by atoms with Gasteiger partial charge in [0, 0.05) is 0 Å². The van der Waals surface area contributed by atoms with Gasteiger partial charge in [-0.3, -0.25) is 9.32 Å². The molecule has 0 aliphatic rings. The standard InChI is InChI=1S/C17H26NO7P/c1-3-4-10-15(17(21)23-2)25-26(22,12-11-14(18)16(19)20)24-13-8-6-5-7-9-13/h5-9,14-15H,3-4,10-12,18H2,1-2H3,(H,19,20)/t14?,15-,26+/m0/s1. The third-order valence-corrected chi connectivity index (χ3v) is 5.46. The van der Waals surface area contributed by atoms with E-state index in [9.17, 15) is 14.2 Å². The van der Waals surface area contributed by atoms with E-state index in [1.54, 1.807) is 30.3 Å². The molecule has 9 heteroatoms. The molecule has 0 heterocycles. The van der Waals surface area contributed by atoms with Gasteiger partial charge in [0.2, 0.25) is 0 Å². The molecule has 0 amide bonds. The van der Waals surface area contributed by atoms with Crippen molar-refractivity contribution in [2.24, 2.45) is 5.73 Å². The number of unbranched alkanes of at least 4 members (excludes halogenated alkanes) is 1. The van der Waals surface area contributed by atoms with Gasteiger partial charge in [-0.2, -0.15) is 0 Å². The summed E-state index contributed by atoms with van der Waals surface area (Å²) in [6.07, 6.45) is 0.368. The third kappa shape index (κ3) is 7.56. The molecule has 146 valence electrons. The van der Waals surface area contributed by atoms with Crippen molar-refractivity contribution in [1.82, 2.24) is 0 Å². The molecule has 0 bridgehead atoms. The Morgan fingerprint density at radius 3 is 2.42 bits per heavy atom. The largest absolute Gasteiger partial charge is 0.480 e. The summed E-state index contributed by atoms with van der Waals surface area (Å²) in [6.45, 7) is 1.94. The Bertz CT molecular complexity index is 623. The average molecular weight is 387 g/mol. The summed E-state index contributed by atoms with van der Waals surface area (Å²) in [5.41, 5.74) is 5.49. The van der Waals surface area contributed by atoms with Crippen LogP contribution in [0.3, 0.4) is 0 Å². The molecule has 0 aliphatic heterocycles. The topological polar surface area (TPSA) is 125 Å². The van der Waals surface area contributed by atoms with Crippen LogP contribution in [0, 0.1) is 0 Å². The number of carbonyl (C=O) groups is 2. The number of para-hydroxylation sites is 1. The normalized spacial score (nSPS) is 15.5. The van der Waals surface area contributed by atoms with Crippen molar-refractivity contribution in [1.29, 1.82) is 0 Å². The first-order valence-electron chi connectivity index (χ1n) is 8.39. The second kappa shape index (κ2) is 11.0. The average Bonchev–Trinajstić information content (AvgIpc) is 2.63. The van der Waals surface area contributed by atoms with E-state index in [4.69, 9.17) is 24.6 Å². The highest BCUT2D eigenvalue weighted by molar-refractivity contribution is 7.54. The maximum atomic E-state index is 13.2. The van der Waals surface area contributed by atoms with Crippen molar-refractivity contribution in [3.63, 3.8) is 0 Å². The van der Waals surface area contributed by atoms with Crippen molar-refractivity contribution in [2.75, 3.05) is 13.3 Å². The zero-order valence-electron chi connectivity index (χ0n) is 15.0. The highest BCUT2D eigenvalue weighted by atomic mass is 31.2. The molecular weight excluding hydrogens is 361 g/mol. The molecular formula is C17H26NO7P. The number of hydrogen-bond donors (Lipinski definition) is 2. The minimum absolute atomic E-state index is 0.124. The Balaban J connectivity index is 2.98. The lowest BCUT2D eigenvalue weighted by Gasteiger charge is -2.24. The lowest BCUT2D eigenvalue weighted by atomic mass is 10.2. The first kappa shape index (κ1) is 22.2. The number of ether oxygens (including phenoxy) is 1. The van der Waals surface area contributed by atoms with Gasteiger partial charge in [0.05, 0.1) is 13.3 Å². The van der Waals surface area contributed by atoms with Gasteiger partial charge >= 0.3 is 19.5 Å². The first-order valence-corrected chi connectivity index (χ1v) is 10.1. The minimum atomic E-state index is -3.84. The Morgan fingerprint density at radius 1 is 1.23 bits per heavy atom. The summed E-state index contributed by atoms with van der Waals surface area (Å²) >= 11 is 0. The number of esters is 1. The third-order valence-electron chi connectivity index (χ3n) is 3.59. The molecule has 0 spiro atoms. The molecule has 1 aromatic carbocycles. The number of methoxy groups -OCH3 is 1. The van der Waals surface area contributed by atoms with Crippen LogP contribution in [0.25, 0.3) is 0 Å². The van der Waals surface area contributed by atoms with Crippen molar-refractivity contribution >= 4 is 19.5 Å². The van der Waals surface area contributed by atoms with Crippen molar-refractivity contribution in [2.45, 2.75) is 44.8 Å². The molecule has 1 aromatic rings. The molecule has 0 saturated carbocycles. The van der Waals surface area contributed by atoms with Gasteiger partial charge in [-0.25, -0.2) is 9.36 Å². The second-order valence-corrected chi connectivity index (χ2v) is 7.79. The zero-order valence-corrected chi connectivity index (χ0v) is 15.9. The quantitative estimate of drug-likeness (QED) is 0.414. The Kier molecular flexibility index (Phi) is 9.34. The van der Waals surface area contributed by atoms with E-state index in [1.807, 2.05) is 6.92 Å². The first-order chi connectivity index (χ1) is 12.3. The van der Waals surface area contributed by atoms with Crippen LogP contribution < -0.4 is 10.3 Å². The molecule has 0 aliphatic carbocycles. The molecule has 1 rings (SSSR count). The summed E-state index contributed by atoms with van der Waals surface area (Å²) in [7, 11) is -2.63. The van der Waals surface area contributed by atoms with E-state index >= 15 is 0 Å². The second-order valence-electron chi connectivity index (χ2n) is 5.73. The van der Waals surface area contributed by atoms with Crippen LogP contribution in [0.1, 0.15) is 32.6 Å². The van der Waals surface area contributed by atoms with E-state index in [0.717, 1.165) is 6.42 Å². The minimum Gasteiger partial charge on any atom is -0.480 e. The lowest BCUT2D eigenvalue weighted by Crippen LogP contribution is -2.32. The smallest absolute Gasteiger partial charge is 0.380 e. The SMILES string of the molecule is CCCC[C@H](O[P@@](=O)(CCC(N)C(=O)O)Oc1ccccc1)C(=O)OC. The fourth-order valence-electron chi connectivity index (χ4n) is 2.11. The van der Waals surface area contributed by atoms with Gasteiger partial charge in [0.1, 0.15) is 11.8 Å². The predicted octanol–water partition coefficient (Wildman–Crippen LogP) is 2.81. The van der Waals surface area contributed by atoms with E-state index in [1.165, 1.54) is 7.11 Å². The summed E-state index contributed by atoms with van der Waals surface area (Å²) in [4.78, 5) is 22.9. The summed E-state index contributed by atoms with van der Waals surface area (Å²) in [6, 6.07) is 7.11. The highest BCUT2D eigenvalue weighted by Crippen LogP contribution is 2.50. The number of carboxylic acids is 1. The van der Waals surface area contributed by atoms with Crippen LogP contribution in [0.5, 0.6) is 5.75 Å². The molecule has 3 N–H and O–H groups in total. The lowest BCUT2D eigenvalue weighted by molar-refractivity contribution is -0.149. The number of benzene rings is 1. The van der Waals surface area contributed by atoms with Crippen LogP contribution in [-0.2, 0) is 23.4 Å². The summed E-state index contributed by atoms with van der Waals surface area (Å²) in [5.74, 6) is -1.58. The van der Waals surface area contributed by atoms with Crippen LogP contribution in [0.2, 0.25) is 0 Å². The number of carboxylic acid groups (broad SMARTS) is 1. The van der Waals surface area contributed by atoms with Crippen LogP contribution >= 0.6 is 7.60 Å². The maximum absolute atomic E-state index is 13.2. The monoisotopic (exact) mass is 387 g/mol. The van der Waals surface area contributed by atoms with Crippen molar-refractivity contribution in [3.05, 3.63) is 30.3 Å². The van der Waals surface area contributed by atoms with Gasteiger partial charge in [0.25, 0.3) is 0 Å². The summed E-state index contributed by atoms with van der Waals surface area (Å²) < 4.78 is 29.0. The molecule has 1 unspecified atom stereocenters. The number of nitrogens with two attached hydrogens (primary N) is 1. The predicted molar refractivity (Wildman–Crippen MR) is 96.2 cm³/mol. The van der Waals surface area contributed by atoms with E-state index in [2.05, 4.69) is 0 Å². The molecule has 8 nitrogen and oxygen atoms in total. The molecule has 0 saturated heterocycles. The number of hydrogen-bond acceptors (Lipinski definition) is 7. The van der Waals surface area contributed by atoms with Crippen LogP contribution in [0.4, 0.5) is 0 Å². The van der Waals surface area contributed by atoms with Crippen LogP contribution in [0.15, 0.2) is 30.3 Å². The fourth-order valence-corrected chi connectivity index (χ4v) is 3.97. The van der Waals surface area contributed by atoms with Crippen molar-refractivity contribution < 1.29 is 33.0 Å². The summed E-state index contributed by atoms with van der Waals surface area (Å²) in [5, 5.41) is 8.92. The number of rotatable bonds is 12. The maximum Gasteiger partial charge on any atom is 0.380 e. The molecule has 0 fully saturated rings. The van der Waals surface area contributed by atoms with Gasteiger partial charge in [-0.1, -0.05) is 38.0 Å². The Morgan fingerprint density at radius 2 is 1.88 bits per heavy atom. The highest BCUT2D eigenvalue weighted by Gasteiger charge is 2.35. The fraction of sp³-hybridized carbons (Fsp3) is 0.529. The molecule has 0 aromatic heterocycles. The van der Waals surface area contributed by atoms with Gasteiger partial charge in [-0.05, 0) is 25.0 Å². The van der Waals surface area contributed by atoms with Gasteiger partial charge in [-0.15, -0.1) is 0 Å². The van der Waals surface area contributed by atoms with Gasteiger partial charge in [0.15, 0.2) is 6.10 Å². The Hall–Kier alpha value is -1.89. The Labute approximate surface area is 153 Å². The van der Waals surface area contributed by atoms with E-state index in [0.29, 0.717) is 18.6 Å². The molecule has 3 atom stereocenters. The molecule has 26 heavy (non-hydrogen) atoms. The van der Waals surface area contributed by atoms with Crippen LogP contribution in [-0.4, -0.2) is 42.5 Å². The van der Waals surface area contributed by atoms with Gasteiger partial charge < -0.3 is 20.1 Å². The number of aliphatic carboxylic acids is 1. The zero-order chi connectivity index (χ0) is 19.6. The molecule has 0 radical (unpaired) electrons.